The van der Waals surface area contributed by atoms with Crippen LogP contribution < -0.4 is 5.69 Å². The summed E-state index contributed by atoms with van der Waals surface area (Å²) < 4.78 is 4.10. The van der Waals surface area contributed by atoms with Crippen LogP contribution in [-0.2, 0) is 13.0 Å². The van der Waals surface area contributed by atoms with Crippen LogP contribution in [0.25, 0.3) is 22.6 Å². The molecule has 1 N–H and O–H groups in total. The summed E-state index contributed by atoms with van der Waals surface area (Å²) in [4.78, 5) is 18.8. The molecule has 3 aromatic heterocycles. The van der Waals surface area contributed by atoms with Gasteiger partial charge in [0.05, 0.1) is 12.2 Å². The molecule has 0 spiro atoms. The molecule has 0 saturated heterocycles. The number of benzene rings is 1. The van der Waals surface area contributed by atoms with Gasteiger partial charge >= 0.3 is 5.69 Å². The number of hydrogen-bond donors (Lipinski definition) is 1. The van der Waals surface area contributed by atoms with Gasteiger partial charge in [-0.1, -0.05) is 71.4 Å². The predicted molar refractivity (Wildman–Crippen MR) is 154 cm³/mol. The fourth-order valence-electron chi connectivity index (χ4n) is 6.45. The molecule has 39 heavy (non-hydrogen) atoms. The van der Waals surface area contributed by atoms with Crippen molar-refractivity contribution in [2.75, 3.05) is 0 Å². The van der Waals surface area contributed by atoms with E-state index in [1.807, 2.05) is 41.1 Å². The molecule has 1 fully saturated rings. The van der Waals surface area contributed by atoms with Gasteiger partial charge in [-0.15, -0.1) is 5.10 Å². The highest BCUT2D eigenvalue weighted by Gasteiger charge is 2.41. The normalized spacial score (nSPS) is 19.4. The number of unbranched alkanes of at least 4 members (excludes halogenated alkanes) is 1. The fourth-order valence-corrected chi connectivity index (χ4v) is 6.45. The number of aryl methyl sites for hydroxylation is 1. The van der Waals surface area contributed by atoms with Crippen molar-refractivity contribution in [2.45, 2.75) is 79.3 Å². The van der Waals surface area contributed by atoms with E-state index in [1.54, 1.807) is 0 Å². The summed E-state index contributed by atoms with van der Waals surface area (Å²) in [5, 5.41) is 14.3. The summed E-state index contributed by atoms with van der Waals surface area (Å²) >= 11 is 0. The third-order valence-corrected chi connectivity index (χ3v) is 8.59. The van der Waals surface area contributed by atoms with Gasteiger partial charge in [0.15, 0.2) is 5.82 Å². The molecule has 8 heteroatoms. The van der Waals surface area contributed by atoms with Crippen molar-refractivity contribution < 1.29 is 0 Å². The molecule has 1 aliphatic carbocycles. The van der Waals surface area contributed by atoms with Crippen molar-refractivity contribution in [3.05, 3.63) is 70.5 Å². The van der Waals surface area contributed by atoms with Gasteiger partial charge in [0.2, 0.25) is 0 Å². The number of H-pyrrole nitrogens is 1. The van der Waals surface area contributed by atoms with Crippen LogP contribution in [-0.4, -0.2) is 34.7 Å². The Labute approximate surface area is 230 Å². The van der Waals surface area contributed by atoms with E-state index in [1.165, 1.54) is 12.8 Å². The first-order valence-corrected chi connectivity index (χ1v) is 14.5. The van der Waals surface area contributed by atoms with E-state index in [-0.39, 0.29) is 11.7 Å². The van der Waals surface area contributed by atoms with E-state index >= 15 is 0 Å². The third-order valence-electron chi connectivity index (χ3n) is 8.59. The van der Waals surface area contributed by atoms with Crippen LogP contribution in [0.3, 0.4) is 0 Å². The minimum Gasteiger partial charge on any atom is -0.295 e. The van der Waals surface area contributed by atoms with Gasteiger partial charge in [-0.2, -0.15) is 0 Å². The lowest BCUT2D eigenvalue weighted by Crippen LogP contribution is -2.34. The molecule has 0 bridgehead atoms. The van der Waals surface area contributed by atoms with Gasteiger partial charge in [-0.3, -0.25) is 14.1 Å². The molecule has 1 aromatic carbocycles. The largest absolute Gasteiger partial charge is 0.328 e. The average Bonchev–Trinajstić information content (AvgIpc) is 3.68. The Morgan fingerprint density at radius 2 is 1.72 bits per heavy atom. The van der Waals surface area contributed by atoms with Crippen molar-refractivity contribution in [1.82, 2.24) is 34.7 Å². The zero-order chi connectivity index (χ0) is 27.5. The van der Waals surface area contributed by atoms with E-state index in [2.05, 4.69) is 72.1 Å². The minimum atomic E-state index is 0.122. The third kappa shape index (κ3) is 5.47. The van der Waals surface area contributed by atoms with Crippen LogP contribution in [0.15, 0.2) is 53.6 Å². The molecule has 8 nitrogen and oxygen atoms in total. The lowest BCUT2D eigenvalue weighted by molar-refractivity contribution is 0.212. The van der Waals surface area contributed by atoms with Crippen molar-refractivity contribution in [3.8, 4) is 22.6 Å². The van der Waals surface area contributed by atoms with Gasteiger partial charge in [-0.05, 0) is 71.4 Å². The highest BCUT2D eigenvalue weighted by Crippen LogP contribution is 2.47. The van der Waals surface area contributed by atoms with Gasteiger partial charge in [-0.25, -0.2) is 9.89 Å². The van der Waals surface area contributed by atoms with Gasteiger partial charge in [0.1, 0.15) is 0 Å². The Morgan fingerprint density at radius 1 is 1.00 bits per heavy atom. The van der Waals surface area contributed by atoms with E-state index in [0.717, 1.165) is 47.3 Å². The Bertz CT molecular complexity index is 1400. The predicted octanol–water partition coefficient (Wildman–Crippen LogP) is 6.16. The van der Waals surface area contributed by atoms with Crippen molar-refractivity contribution in [1.29, 1.82) is 0 Å². The standard InChI is InChI=1S/C31H41N7O/c1-6-7-10-23-19-38(29-24(20(2)3)14-15-25(29)21(4)5)31(39)37(23)18-22-13-16-28(32-17-22)26-11-8-9-12-27(26)30-33-35-36-34-30/h8-9,11-13,16-17,19-21,24-25,29H,6-7,10,14-15,18H2,1-5H3,(H,33,34,35,36). The monoisotopic (exact) mass is 527 g/mol. The van der Waals surface area contributed by atoms with E-state index in [4.69, 9.17) is 4.98 Å². The summed E-state index contributed by atoms with van der Waals surface area (Å²) in [6.45, 7) is 12.0. The molecule has 0 aliphatic heterocycles. The Kier molecular flexibility index (Phi) is 8.10. The van der Waals surface area contributed by atoms with Crippen LogP contribution >= 0.6 is 0 Å². The molecule has 1 saturated carbocycles. The summed E-state index contributed by atoms with van der Waals surface area (Å²) in [5.41, 5.74) is 4.96. The topological polar surface area (TPSA) is 94.3 Å². The van der Waals surface area contributed by atoms with E-state index in [9.17, 15) is 4.79 Å². The molecule has 3 heterocycles. The highest BCUT2D eigenvalue weighted by molar-refractivity contribution is 5.78. The molecular weight excluding hydrogens is 486 g/mol. The second-order valence-electron chi connectivity index (χ2n) is 11.7. The first-order chi connectivity index (χ1) is 18.9. The van der Waals surface area contributed by atoms with Gasteiger partial charge in [0.25, 0.3) is 0 Å². The second kappa shape index (κ2) is 11.7. The van der Waals surface area contributed by atoms with Crippen LogP contribution in [0.2, 0.25) is 0 Å². The van der Waals surface area contributed by atoms with Crippen molar-refractivity contribution >= 4 is 0 Å². The number of tetrazole rings is 1. The van der Waals surface area contributed by atoms with Crippen LogP contribution in [0, 0.1) is 23.7 Å². The smallest absolute Gasteiger partial charge is 0.295 e. The summed E-state index contributed by atoms with van der Waals surface area (Å²) in [5.74, 6) is 2.79. The number of aromatic nitrogens is 7. The van der Waals surface area contributed by atoms with E-state index < -0.39 is 0 Å². The lowest BCUT2D eigenvalue weighted by Gasteiger charge is -2.30. The number of nitrogens with one attached hydrogen (secondary N) is 1. The van der Waals surface area contributed by atoms with Crippen molar-refractivity contribution in [2.24, 2.45) is 23.7 Å². The highest BCUT2D eigenvalue weighted by atomic mass is 16.1. The Morgan fingerprint density at radius 3 is 2.31 bits per heavy atom. The molecular formula is C31H41N7O. The fraction of sp³-hybridized carbons (Fsp3) is 0.516. The SMILES string of the molecule is CCCCc1cn(C2C(C(C)C)CCC2C(C)C)c(=O)n1Cc1ccc(-c2ccccc2-c2nnn[nH]2)nc1. The number of aromatic amines is 1. The van der Waals surface area contributed by atoms with Gasteiger partial charge < -0.3 is 0 Å². The van der Waals surface area contributed by atoms with Crippen LogP contribution in [0.1, 0.15) is 77.6 Å². The second-order valence-corrected chi connectivity index (χ2v) is 11.7. The molecule has 5 rings (SSSR count). The molecule has 206 valence electrons. The number of hydrogen-bond acceptors (Lipinski definition) is 5. The summed E-state index contributed by atoms with van der Waals surface area (Å²) in [6, 6.07) is 12.3. The Hall–Kier alpha value is -3.55. The summed E-state index contributed by atoms with van der Waals surface area (Å²) in [6.07, 6.45) is 9.55. The molecule has 0 radical (unpaired) electrons. The number of rotatable bonds is 10. The Balaban J connectivity index is 1.47. The number of pyridine rings is 1. The molecule has 2 unspecified atom stereocenters. The summed E-state index contributed by atoms with van der Waals surface area (Å²) in [7, 11) is 0. The molecule has 2 atom stereocenters. The lowest BCUT2D eigenvalue weighted by atomic mass is 9.84. The number of imidazole rings is 1. The minimum absolute atomic E-state index is 0.122. The van der Waals surface area contributed by atoms with Crippen molar-refractivity contribution in [3.63, 3.8) is 0 Å². The maximum Gasteiger partial charge on any atom is 0.328 e. The molecule has 0 amide bonds. The number of nitrogens with zero attached hydrogens (tertiary/aromatic N) is 6. The quantitative estimate of drug-likeness (QED) is 0.266. The van der Waals surface area contributed by atoms with Crippen LogP contribution in [0.4, 0.5) is 0 Å². The maximum absolute atomic E-state index is 14.0. The first kappa shape index (κ1) is 27.0. The average molecular weight is 528 g/mol. The first-order valence-electron chi connectivity index (χ1n) is 14.5. The van der Waals surface area contributed by atoms with Gasteiger partial charge in [0, 0.05) is 35.3 Å². The zero-order valence-corrected chi connectivity index (χ0v) is 23.8. The van der Waals surface area contributed by atoms with Crippen LogP contribution in [0.5, 0.6) is 0 Å². The molecule has 1 aliphatic rings. The zero-order valence-electron chi connectivity index (χ0n) is 23.8. The molecule has 4 aromatic rings. The maximum atomic E-state index is 14.0. The van der Waals surface area contributed by atoms with E-state index in [0.29, 0.717) is 36.0 Å².